The predicted octanol–water partition coefficient (Wildman–Crippen LogP) is 3.78. The molecule has 2 heterocycles. The number of carbonyl (C=O) groups excluding carboxylic acids is 1. The Hall–Kier alpha value is -2.47. The summed E-state index contributed by atoms with van der Waals surface area (Å²) >= 11 is 6.24. The molecule has 1 fully saturated rings. The molecule has 1 aliphatic rings. The number of aryl methyl sites for hydroxylation is 2. The number of hydrogen-bond donors (Lipinski definition) is 0. The van der Waals surface area contributed by atoms with Gasteiger partial charge in [-0.3, -0.25) is 9.48 Å². The number of hydrogen-bond acceptors (Lipinski definition) is 4. The molecule has 0 bridgehead atoms. The summed E-state index contributed by atoms with van der Waals surface area (Å²) in [7, 11) is 5.00. The summed E-state index contributed by atoms with van der Waals surface area (Å²) in [5.41, 5.74) is 2.61. The van der Waals surface area contributed by atoms with Crippen LogP contribution in [0.4, 0.5) is 0 Å². The third-order valence-corrected chi connectivity index (χ3v) is 5.37. The van der Waals surface area contributed by atoms with Crippen LogP contribution in [0.3, 0.4) is 0 Å². The van der Waals surface area contributed by atoms with Gasteiger partial charge in [0.25, 0.3) is 0 Å². The Morgan fingerprint density at radius 3 is 2.67 bits per heavy atom. The lowest BCUT2D eigenvalue weighted by molar-refractivity contribution is -0.126. The van der Waals surface area contributed by atoms with Crippen LogP contribution in [0.5, 0.6) is 11.5 Å². The van der Waals surface area contributed by atoms with Crippen LogP contribution in [0.25, 0.3) is 6.08 Å². The molecule has 1 aromatic heterocycles. The molecule has 0 radical (unpaired) electrons. The van der Waals surface area contributed by atoms with Gasteiger partial charge in [-0.2, -0.15) is 5.10 Å². The number of amides is 1. The van der Waals surface area contributed by atoms with Crippen molar-refractivity contribution in [3.8, 4) is 11.5 Å². The highest BCUT2D eigenvalue weighted by atomic mass is 35.5. The largest absolute Gasteiger partial charge is 0.493 e. The van der Waals surface area contributed by atoms with Gasteiger partial charge in [0, 0.05) is 25.2 Å². The molecule has 1 aliphatic heterocycles. The molecule has 0 aliphatic carbocycles. The first-order valence-electron chi connectivity index (χ1n) is 8.86. The zero-order chi connectivity index (χ0) is 19.6. The summed E-state index contributed by atoms with van der Waals surface area (Å²) in [6, 6.07) is 5.83. The summed E-state index contributed by atoms with van der Waals surface area (Å²) < 4.78 is 12.3. The van der Waals surface area contributed by atoms with E-state index < -0.39 is 0 Å². The Labute approximate surface area is 164 Å². The minimum Gasteiger partial charge on any atom is -0.493 e. The van der Waals surface area contributed by atoms with Crippen molar-refractivity contribution in [3.05, 3.63) is 46.2 Å². The molecule has 2 aromatic rings. The minimum atomic E-state index is -0.0356. The number of carbonyl (C=O) groups is 1. The van der Waals surface area contributed by atoms with E-state index in [0.717, 1.165) is 36.2 Å². The molecule has 6 nitrogen and oxygen atoms in total. The van der Waals surface area contributed by atoms with Crippen LogP contribution in [0, 0.1) is 6.92 Å². The Morgan fingerprint density at radius 2 is 2.04 bits per heavy atom. The molecule has 3 rings (SSSR count). The smallest absolute Gasteiger partial charge is 0.247 e. The van der Waals surface area contributed by atoms with Crippen LogP contribution >= 0.6 is 11.6 Å². The van der Waals surface area contributed by atoms with Crippen molar-refractivity contribution < 1.29 is 14.3 Å². The summed E-state index contributed by atoms with van der Waals surface area (Å²) in [4.78, 5) is 14.7. The third kappa shape index (κ3) is 3.81. The number of nitrogens with zero attached hydrogens (tertiary/aromatic N) is 3. The van der Waals surface area contributed by atoms with Crippen molar-refractivity contribution in [1.29, 1.82) is 0 Å². The third-order valence-electron chi connectivity index (χ3n) is 4.92. The zero-order valence-corrected chi connectivity index (χ0v) is 16.8. The molecular weight excluding hydrogens is 366 g/mol. The van der Waals surface area contributed by atoms with Gasteiger partial charge in [0.15, 0.2) is 11.5 Å². The normalized spacial score (nSPS) is 16.9. The lowest BCUT2D eigenvalue weighted by Crippen LogP contribution is -2.28. The average Bonchev–Trinajstić information content (AvgIpc) is 3.25. The van der Waals surface area contributed by atoms with Gasteiger partial charge in [0.2, 0.25) is 5.91 Å². The monoisotopic (exact) mass is 389 g/mol. The van der Waals surface area contributed by atoms with Crippen molar-refractivity contribution >= 4 is 23.6 Å². The van der Waals surface area contributed by atoms with Gasteiger partial charge in [-0.1, -0.05) is 17.7 Å². The molecular formula is C20H24ClN3O3. The Kier molecular flexibility index (Phi) is 5.75. The SMILES string of the molecule is COc1ccc(C2CCCN2C(=O)/C=C/c2c(C)nn(C)c2Cl)cc1OC. The molecule has 7 heteroatoms. The minimum absolute atomic E-state index is 0.0208. The van der Waals surface area contributed by atoms with Gasteiger partial charge >= 0.3 is 0 Å². The fraction of sp³-hybridized carbons (Fsp3) is 0.400. The van der Waals surface area contributed by atoms with E-state index in [1.54, 1.807) is 38.1 Å². The van der Waals surface area contributed by atoms with Gasteiger partial charge in [0.05, 0.1) is 26.0 Å². The van der Waals surface area contributed by atoms with E-state index in [1.807, 2.05) is 30.0 Å². The maximum atomic E-state index is 12.8. The fourth-order valence-electron chi connectivity index (χ4n) is 3.52. The highest BCUT2D eigenvalue weighted by Crippen LogP contribution is 2.37. The Bertz CT molecular complexity index is 876. The molecule has 1 atom stereocenters. The number of benzene rings is 1. The van der Waals surface area contributed by atoms with Gasteiger partial charge in [0.1, 0.15) is 5.15 Å². The van der Waals surface area contributed by atoms with E-state index >= 15 is 0 Å². The van der Waals surface area contributed by atoms with Gasteiger partial charge in [-0.25, -0.2) is 0 Å². The van der Waals surface area contributed by atoms with Crippen LogP contribution in [0.15, 0.2) is 24.3 Å². The van der Waals surface area contributed by atoms with E-state index in [9.17, 15) is 4.79 Å². The standard InChI is InChI=1S/C20H24ClN3O3/c1-13-15(20(21)23(2)22-13)8-10-19(25)24-11-5-6-16(24)14-7-9-17(26-3)18(12-14)27-4/h7-10,12,16H,5-6,11H2,1-4H3/b10-8+. The molecule has 0 spiro atoms. The zero-order valence-electron chi connectivity index (χ0n) is 16.0. The lowest BCUT2D eigenvalue weighted by Gasteiger charge is -2.24. The quantitative estimate of drug-likeness (QED) is 0.730. The summed E-state index contributed by atoms with van der Waals surface area (Å²) in [6.45, 7) is 2.60. The molecule has 27 heavy (non-hydrogen) atoms. The summed E-state index contributed by atoms with van der Waals surface area (Å²) in [5.74, 6) is 1.31. The van der Waals surface area contributed by atoms with Crippen LogP contribution < -0.4 is 9.47 Å². The van der Waals surface area contributed by atoms with E-state index in [0.29, 0.717) is 16.7 Å². The van der Waals surface area contributed by atoms with E-state index in [2.05, 4.69) is 5.10 Å². The molecule has 1 unspecified atom stereocenters. The van der Waals surface area contributed by atoms with Crippen molar-refractivity contribution in [1.82, 2.24) is 14.7 Å². The van der Waals surface area contributed by atoms with E-state index in [-0.39, 0.29) is 11.9 Å². The van der Waals surface area contributed by atoms with Crippen LogP contribution in [0.2, 0.25) is 5.15 Å². The van der Waals surface area contributed by atoms with Crippen molar-refractivity contribution in [2.45, 2.75) is 25.8 Å². The van der Waals surface area contributed by atoms with Crippen LogP contribution in [-0.2, 0) is 11.8 Å². The van der Waals surface area contributed by atoms with Crippen molar-refractivity contribution in [2.24, 2.45) is 7.05 Å². The second kappa shape index (κ2) is 8.05. The van der Waals surface area contributed by atoms with Crippen LogP contribution in [-0.4, -0.2) is 41.4 Å². The first kappa shape index (κ1) is 19.3. The molecule has 144 valence electrons. The number of halogens is 1. The topological polar surface area (TPSA) is 56.6 Å². The maximum absolute atomic E-state index is 12.8. The first-order valence-corrected chi connectivity index (χ1v) is 9.23. The first-order chi connectivity index (χ1) is 13.0. The summed E-state index contributed by atoms with van der Waals surface area (Å²) in [5, 5.41) is 4.79. The van der Waals surface area contributed by atoms with Crippen molar-refractivity contribution in [2.75, 3.05) is 20.8 Å². The maximum Gasteiger partial charge on any atom is 0.247 e. The van der Waals surface area contributed by atoms with E-state index in [4.69, 9.17) is 21.1 Å². The molecule has 1 amide bonds. The molecule has 0 saturated carbocycles. The average molecular weight is 390 g/mol. The van der Waals surface area contributed by atoms with Gasteiger partial charge in [-0.15, -0.1) is 0 Å². The fourth-order valence-corrected chi connectivity index (χ4v) is 3.76. The summed E-state index contributed by atoms with van der Waals surface area (Å²) in [6.07, 6.45) is 5.21. The lowest BCUT2D eigenvalue weighted by atomic mass is 10.0. The number of aromatic nitrogens is 2. The number of likely N-dealkylation sites (tertiary alicyclic amines) is 1. The van der Waals surface area contributed by atoms with Crippen LogP contribution in [0.1, 0.15) is 35.7 Å². The molecule has 1 aromatic carbocycles. The number of rotatable bonds is 5. The number of ether oxygens (including phenoxy) is 2. The second-order valence-corrected chi connectivity index (χ2v) is 6.91. The molecule has 0 N–H and O–H groups in total. The van der Waals surface area contributed by atoms with Crippen molar-refractivity contribution in [3.63, 3.8) is 0 Å². The van der Waals surface area contributed by atoms with E-state index in [1.165, 1.54) is 0 Å². The predicted molar refractivity (Wildman–Crippen MR) is 105 cm³/mol. The van der Waals surface area contributed by atoms with Gasteiger partial charge < -0.3 is 14.4 Å². The number of methoxy groups -OCH3 is 2. The Balaban J connectivity index is 1.81. The molecule has 1 saturated heterocycles. The highest BCUT2D eigenvalue weighted by molar-refractivity contribution is 6.31. The highest BCUT2D eigenvalue weighted by Gasteiger charge is 2.29. The van der Waals surface area contributed by atoms with Gasteiger partial charge in [-0.05, 0) is 43.5 Å². The Morgan fingerprint density at radius 1 is 1.30 bits per heavy atom. The second-order valence-electron chi connectivity index (χ2n) is 6.55.